The number of ketones is 1. The largest absolute Gasteiger partial charge is 0.368 e. The molecule has 0 aromatic heterocycles. The van der Waals surface area contributed by atoms with Gasteiger partial charge in [0, 0.05) is 17.4 Å². The molecule has 3 aromatic rings. The quantitative estimate of drug-likeness (QED) is 0.472. The third-order valence-electron chi connectivity index (χ3n) is 7.33. The fourth-order valence-corrected chi connectivity index (χ4v) is 5.45. The van der Waals surface area contributed by atoms with Gasteiger partial charge in [0.2, 0.25) is 11.8 Å². The third-order valence-corrected chi connectivity index (χ3v) is 7.33. The molecule has 3 aromatic carbocycles. The van der Waals surface area contributed by atoms with Crippen molar-refractivity contribution < 1.29 is 18.8 Å². The monoisotopic (exact) mass is 496 g/mol. The standard InChI is InChI=1S/C31H29FN2O3/c1-19-6-5-9-23(18-19)29(35)27-25(17-10-20-7-3-2-4-8-20)34(31(37)22-11-12-22)28(30(33)36)26(27)21-13-15-24(32)16-14-21/h2-10,13-18,22,25-28H,11-12H2,1H3,(H2,33,36). The Morgan fingerprint density at radius 1 is 0.946 bits per heavy atom. The number of carbonyl (C=O) groups excluding carboxylic acids is 3. The summed E-state index contributed by atoms with van der Waals surface area (Å²) in [6, 6.07) is 20.9. The van der Waals surface area contributed by atoms with Crippen LogP contribution in [-0.4, -0.2) is 34.6 Å². The fourth-order valence-electron chi connectivity index (χ4n) is 5.45. The molecule has 2 fully saturated rings. The molecule has 0 radical (unpaired) electrons. The van der Waals surface area contributed by atoms with E-state index in [2.05, 4.69) is 0 Å². The number of hydrogen-bond donors (Lipinski definition) is 1. The maximum atomic E-state index is 14.2. The second-order valence-corrected chi connectivity index (χ2v) is 9.96. The highest BCUT2D eigenvalue weighted by Gasteiger charge is 2.57. The summed E-state index contributed by atoms with van der Waals surface area (Å²) in [6.45, 7) is 1.91. The summed E-state index contributed by atoms with van der Waals surface area (Å²) >= 11 is 0. The number of rotatable bonds is 7. The lowest BCUT2D eigenvalue weighted by molar-refractivity contribution is -0.139. The average Bonchev–Trinajstić information content (AvgIpc) is 3.69. The van der Waals surface area contributed by atoms with Crippen LogP contribution in [0.15, 0.2) is 84.9 Å². The van der Waals surface area contributed by atoms with E-state index in [1.807, 2.05) is 67.6 Å². The van der Waals surface area contributed by atoms with Crippen molar-refractivity contribution >= 4 is 23.7 Å². The zero-order chi connectivity index (χ0) is 26.1. The summed E-state index contributed by atoms with van der Waals surface area (Å²) in [6.07, 6.45) is 5.20. The van der Waals surface area contributed by atoms with E-state index in [0.29, 0.717) is 11.1 Å². The van der Waals surface area contributed by atoms with Gasteiger partial charge in [-0.05, 0) is 49.1 Å². The number of nitrogens with zero attached hydrogens (tertiary/aromatic N) is 1. The normalized spacial score (nSPS) is 23.4. The Kier molecular flexibility index (Phi) is 6.74. The first-order valence-corrected chi connectivity index (χ1v) is 12.6. The molecule has 6 heteroatoms. The van der Waals surface area contributed by atoms with Gasteiger partial charge >= 0.3 is 0 Å². The Hall–Kier alpha value is -4.06. The highest BCUT2D eigenvalue weighted by Crippen LogP contribution is 2.47. The number of halogens is 1. The van der Waals surface area contributed by atoms with Gasteiger partial charge in [0.15, 0.2) is 5.78 Å². The van der Waals surface area contributed by atoms with Crippen LogP contribution in [0.3, 0.4) is 0 Å². The minimum absolute atomic E-state index is 0.168. The van der Waals surface area contributed by atoms with Crippen LogP contribution in [0.25, 0.3) is 6.08 Å². The topological polar surface area (TPSA) is 80.5 Å². The molecule has 2 aliphatic rings. The van der Waals surface area contributed by atoms with E-state index in [-0.39, 0.29) is 17.6 Å². The van der Waals surface area contributed by atoms with Crippen molar-refractivity contribution in [2.45, 2.75) is 37.8 Å². The zero-order valence-corrected chi connectivity index (χ0v) is 20.6. The molecule has 0 spiro atoms. The van der Waals surface area contributed by atoms with Crippen LogP contribution >= 0.6 is 0 Å². The molecular weight excluding hydrogens is 467 g/mol. The maximum absolute atomic E-state index is 14.2. The lowest BCUT2D eigenvalue weighted by Gasteiger charge is -2.29. The van der Waals surface area contributed by atoms with Crippen LogP contribution in [0.5, 0.6) is 0 Å². The first-order chi connectivity index (χ1) is 17.8. The Morgan fingerprint density at radius 3 is 2.27 bits per heavy atom. The molecule has 1 aliphatic heterocycles. The lowest BCUT2D eigenvalue weighted by atomic mass is 9.77. The third kappa shape index (κ3) is 4.96. The molecule has 2 amide bonds. The number of hydrogen-bond acceptors (Lipinski definition) is 3. The van der Waals surface area contributed by atoms with Crippen molar-refractivity contribution in [2.75, 3.05) is 0 Å². The minimum atomic E-state index is -1.04. The summed E-state index contributed by atoms with van der Waals surface area (Å²) in [5, 5.41) is 0. The number of aryl methyl sites for hydroxylation is 1. The van der Waals surface area contributed by atoms with Crippen LogP contribution in [-0.2, 0) is 9.59 Å². The molecule has 37 heavy (non-hydrogen) atoms. The van der Waals surface area contributed by atoms with Crippen LogP contribution in [0, 0.1) is 24.6 Å². The van der Waals surface area contributed by atoms with Crippen molar-refractivity contribution in [2.24, 2.45) is 17.6 Å². The molecule has 4 unspecified atom stereocenters. The van der Waals surface area contributed by atoms with Gasteiger partial charge in [-0.1, -0.05) is 78.4 Å². The van der Waals surface area contributed by atoms with Gasteiger partial charge in [0.1, 0.15) is 11.9 Å². The predicted molar refractivity (Wildman–Crippen MR) is 140 cm³/mol. The van der Waals surface area contributed by atoms with Gasteiger partial charge in [0.05, 0.1) is 12.0 Å². The van der Waals surface area contributed by atoms with Crippen LogP contribution in [0.4, 0.5) is 4.39 Å². The van der Waals surface area contributed by atoms with Crippen molar-refractivity contribution in [3.8, 4) is 0 Å². The second-order valence-electron chi connectivity index (χ2n) is 9.96. The molecule has 0 bridgehead atoms. The van der Waals surface area contributed by atoms with Crippen LogP contribution in [0.1, 0.15) is 45.8 Å². The summed E-state index contributed by atoms with van der Waals surface area (Å²) in [5.74, 6) is -3.15. The number of likely N-dealkylation sites (tertiary alicyclic amines) is 1. The number of amides is 2. The van der Waals surface area contributed by atoms with E-state index in [1.165, 1.54) is 17.0 Å². The SMILES string of the molecule is Cc1cccc(C(=O)C2C(c3ccc(F)cc3)C(C(N)=O)N(C(=O)C3CC3)C2C=Cc2ccccc2)c1. The van der Waals surface area contributed by atoms with E-state index in [9.17, 15) is 18.8 Å². The minimum Gasteiger partial charge on any atom is -0.368 e. The molecule has 5 nitrogen and oxygen atoms in total. The number of nitrogens with two attached hydrogens (primary N) is 1. The van der Waals surface area contributed by atoms with E-state index in [4.69, 9.17) is 5.73 Å². The maximum Gasteiger partial charge on any atom is 0.240 e. The summed E-state index contributed by atoms with van der Waals surface area (Å²) in [5.41, 5.74) is 8.89. The van der Waals surface area contributed by atoms with Crippen molar-refractivity contribution in [3.05, 3.63) is 113 Å². The van der Waals surface area contributed by atoms with Gasteiger partial charge < -0.3 is 10.6 Å². The molecule has 188 valence electrons. The molecule has 5 rings (SSSR count). The molecular formula is C31H29FN2O3. The van der Waals surface area contributed by atoms with E-state index < -0.39 is 35.6 Å². The predicted octanol–water partition coefficient (Wildman–Crippen LogP) is 4.90. The number of Topliss-reactive ketones (excluding diaryl/α,β-unsaturated/α-hetero) is 1. The van der Waals surface area contributed by atoms with E-state index in [0.717, 1.165) is 24.0 Å². The molecule has 1 saturated heterocycles. The Balaban J connectivity index is 1.69. The number of benzene rings is 3. The Labute approximate surface area is 215 Å². The summed E-state index contributed by atoms with van der Waals surface area (Å²) in [7, 11) is 0. The average molecular weight is 497 g/mol. The van der Waals surface area contributed by atoms with Crippen LogP contribution in [0.2, 0.25) is 0 Å². The van der Waals surface area contributed by atoms with Gasteiger partial charge in [-0.2, -0.15) is 0 Å². The summed E-state index contributed by atoms with van der Waals surface area (Å²) < 4.78 is 13.9. The molecule has 4 atom stereocenters. The Morgan fingerprint density at radius 2 is 1.65 bits per heavy atom. The number of carbonyl (C=O) groups is 3. The smallest absolute Gasteiger partial charge is 0.240 e. The van der Waals surface area contributed by atoms with Gasteiger partial charge in [0.25, 0.3) is 0 Å². The Bertz CT molecular complexity index is 1350. The molecule has 1 aliphatic carbocycles. The number of primary amides is 1. The first kappa shape index (κ1) is 24.6. The van der Waals surface area contributed by atoms with E-state index in [1.54, 1.807) is 18.2 Å². The van der Waals surface area contributed by atoms with Crippen LogP contribution < -0.4 is 5.73 Å². The zero-order valence-electron chi connectivity index (χ0n) is 20.6. The fraction of sp³-hybridized carbons (Fsp3) is 0.258. The molecule has 1 saturated carbocycles. The summed E-state index contributed by atoms with van der Waals surface area (Å²) in [4.78, 5) is 42.4. The molecule has 2 N–H and O–H groups in total. The van der Waals surface area contributed by atoms with Gasteiger partial charge in [-0.3, -0.25) is 14.4 Å². The van der Waals surface area contributed by atoms with E-state index >= 15 is 0 Å². The highest BCUT2D eigenvalue weighted by atomic mass is 19.1. The van der Waals surface area contributed by atoms with Gasteiger partial charge in [-0.15, -0.1) is 0 Å². The van der Waals surface area contributed by atoms with Crippen molar-refractivity contribution in [1.82, 2.24) is 4.90 Å². The molecule has 1 heterocycles. The lowest BCUT2D eigenvalue weighted by Crippen LogP contribution is -2.49. The highest BCUT2D eigenvalue weighted by molar-refractivity contribution is 6.02. The first-order valence-electron chi connectivity index (χ1n) is 12.6. The van der Waals surface area contributed by atoms with Crippen molar-refractivity contribution in [3.63, 3.8) is 0 Å². The van der Waals surface area contributed by atoms with Gasteiger partial charge in [-0.25, -0.2) is 4.39 Å². The second kappa shape index (κ2) is 10.1. The van der Waals surface area contributed by atoms with Crippen molar-refractivity contribution in [1.29, 1.82) is 0 Å².